The van der Waals surface area contributed by atoms with Crippen LogP contribution in [0.25, 0.3) is 0 Å². The second-order valence-electron chi connectivity index (χ2n) is 7.25. The topological polar surface area (TPSA) is 48.5 Å². The summed E-state index contributed by atoms with van der Waals surface area (Å²) in [6.45, 7) is 5.35. The van der Waals surface area contributed by atoms with Crippen LogP contribution < -0.4 is 10.2 Å². The minimum atomic E-state index is 0.00991. The third-order valence-corrected chi connectivity index (χ3v) is 5.38. The van der Waals surface area contributed by atoms with E-state index in [0.29, 0.717) is 0 Å². The van der Waals surface area contributed by atoms with Gasteiger partial charge in [-0.05, 0) is 68.0 Å². The number of carbonyl (C=O) groups excluding carboxylic acids is 1. The van der Waals surface area contributed by atoms with Gasteiger partial charge in [-0.1, -0.05) is 6.07 Å². The van der Waals surface area contributed by atoms with E-state index in [1.165, 1.54) is 29.7 Å². The van der Waals surface area contributed by atoms with Crippen LogP contribution >= 0.6 is 0 Å². The lowest BCUT2D eigenvalue weighted by Gasteiger charge is -2.24. The molecular formula is C21H26N4O. The molecule has 1 N–H and O–H groups in total. The van der Waals surface area contributed by atoms with Gasteiger partial charge in [0.05, 0.1) is 0 Å². The van der Waals surface area contributed by atoms with Crippen molar-refractivity contribution in [2.45, 2.75) is 32.6 Å². The first kappa shape index (κ1) is 16.9. The summed E-state index contributed by atoms with van der Waals surface area (Å²) in [6.07, 6.45) is 6.35. The van der Waals surface area contributed by atoms with Crippen LogP contribution in [0.3, 0.4) is 0 Å². The highest BCUT2D eigenvalue weighted by molar-refractivity contribution is 5.89. The van der Waals surface area contributed by atoms with Crippen LogP contribution in [0.15, 0.2) is 36.5 Å². The molecule has 4 rings (SSSR count). The number of rotatable bonds is 2. The minimum absolute atomic E-state index is 0.00991. The van der Waals surface area contributed by atoms with Crippen molar-refractivity contribution < 1.29 is 4.79 Å². The highest BCUT2D eigenvalue weighted by Gasteiger charge is 2.20. The zero-order valence-electron chi connectivity index (χ0n) is 15.4. The molecule has 2 aromatic rings. The van der Waals surface area contributed by atoms with Crippen molar-refractivity contribution in [2.24, 2.45) is 0 Å². The first-order chi connectivity index (χ1) is 12.7. The fourth-order valence-electron chi connectivity index (χ4n) is 3.96. The zero-order valence-corrected chi connectivity index (χ0v) is 15.4. The maximum Gasteiger partial charge on any atom is 0.321 e. The molecule has 0 saturated carbocycles. The number of urea groups is 1. The Hall–Kier alpha value is -2.56. The average molecular weight is 350 g/mol. The highest BCUT2D eigenvalue weighted by Crippen LogP contribution is 2.25. The molecule has 2 heterocycles. The zero-order chi connectivity index (χ0) is 17.9. The molecule has 1 saturated heterocycles. The van der Waals surface area contributed by atoms with E-state index in [0.717, 1.165) is 50.4 Å². The second-order valence-corrected chi connectivity index (χ2v) is 7.25. The van der Waals surface area contributed by atoms with E-state index < -0.39 is 0 Å². The molecule has 1 aromatic carbocycles. The summed E-state index contributed by atoms with van der Waals surface area (Å²) in [6, 6.07) is 10.5. The molecule has 0 unspecified atom stereocenters. The van der Waals surface area contributed by atoms with Crippen LogP contribution in [0.2, 0.25) is 0 Å². The Morgan fingerprint density at radius 3 is 2.77 bits per heavy atom. The molecule has 0 radical (unpaired) electrons. The standard InChI is InChI=1S/C21H26N4O/c1-16-14-20(8-9-22-16)24-10-3-11-25(13-12-24)21(26)23-19-7-6-17-4-2-5-18(17)15-19/h6-9,14-15H,2-5,10-13H2,1H3,(H,23,26). The summed E-state index contributed by atoms with van der Waals surface area (Å²) in [7, 11) is 0. The average Bonchev–Trinajstić information content (AvgIpc) is 2.96. The number of hydrogen-bond donors (Lipinski definition) is 1. The van der Waals surface area contributed by atoms with Crippen LogP contribution in [-0.2, 0) is 12.8 Å². The normalized spacial score (nSPS) is 17.0. The second kappa shape index (κ2) is 7.36. The van der Waals surface area contributed by atoms with Crippen LogP contribution in [0.5, 0.6) is 0 Å². The van der Waals surface area contributed by atoms with Crippen molar-refractivity contribution in [3.63, 3.8) is 0 Å². The molecule has 0 bridgehead atoms. The maximum absolute atomic E-state index is 12.7. The molecule has 26 heavy (non-hydrogen) atoms. The lowest BCUT2D eigenvalue weighted by Crippen LogP contribution is -2.38. The molecule has 2 amide bonds. The van der Waals surface area contributed by atoms with Gasteiger partial charge in [-0.3, -0.25) is 4.98 Å². The van der Waals surface area contributed by atoms with Gasteiger partial charge in [0.2, 0.25) is 0 Å². The third-order valence-electron chi connectivity index (χ3n) is 5.38. The van der Waals surface area contributed by atoms with Gasteiger partial charge in [0.15, 0.2) is 0 Å². The largest absolute Gasteiger partial charge is 0.370 e. The molecule has 1 aliphatic heterocycles. The number of carbonyl (C=O) groups is 1. The number of pyridine rings is 1. The maximum atomic E-state index is 12.7. The fourth-order valence-corrected chi connectivity index (χ4v) is 3.96. The Labute approximate surface area is 155 Å². The molecule has 5 heteroatoms. The molecule has 0 spiro atoms. The molecular weight excluding hydrogens is 324 g/mol. The minimum Gasteiger partial charge on any atom is -0.370 e. The summed E-state index contributed by atoms with van der Waals surface area (Å²) < 4.78 is 0. The number of aryl methyl sites for hydroxylation is 3. The van der Waals surface area contributed by atoms with Gasteiger partial charge in [0.1, 0.15) is 0 Å². The van der Waals surface area contributed by atoms with E-state index in [1.54, 1.807) is 0 Å². The van der Waals surface area contributed by atoms with Crippen molar-refractivity contribution >= 4 is 17.4 Å². The summed E-state index contributed by atoms with van der Waals surface area (Å²) in [5.41, 5.74) is 5.96. The van der Waals surface area contributed by atoms with Gasteiger partial charge in [0.25, 0.3) is 0 Å². The number of benzene rings is 1. The van der Waals surface area contributed by atoms with Gasteiger partial charge in [-0.25, -0.2) is 4.79 Å². The monoisotopic (exact) mass is 350 g/mol. The van der Waals surface area contributed by atoms with Crippen molar-refractivity contribution in [3.8, 4) is 0 Å². The summed E-state index contributed by atoms with van der Waals surface area (Å²) in [5.74, 6) is 0. The predicted octanol–water partition coefficient (Wildman–Crippen LogP) is 3.62. The molecule has 0 atom stereocenters. The van der Waals surface area contributed by atoms with Crippen LogP contribution in [0.1, 0.15) is 29.7 Å². The van der Waals surface area contributed by atoms with Crippen molar-refractivity contribution in [1.82, 2.24) is 9.88 Å². The fraction of sp³-hybridized carbons (Fsp3) is 0.429. The first-order valence-electron chi connectivity index (χ1n) is 9.54. The quantitative estimate of drug-likeness (QED) is 0.900. The Morgan fingerprint density at radius 1 is 1.00 bits per heavy atom. The highest BCUT2D eigenvalue weighted by atomic mass is 16.2. The lowest BCUT2D eigenvalue weighted by atomic mass is 10.1. The van der Waals surface area contributed by atoms with Crippen molar-refractivity contribution in [1.29, 1.82) is 0 Å². The number of aromatic nitrogens is 1. The molecule has 1 aliphatic carbocycles. The molecule has 2 aliphatic rings. The number of amides is 2. The van der Waals surface area contributed by atoms with E-state index in [2.05, 4.69) is 33.4 Å². The number of nitrogens with one attached hydrogen (secondary N) is 1. The van der Waals surface area contributed by atoms with E-state index in [9.17, 15) is 4.79 Å². The Morgan fingerprint density at radius 2 is 1.88 bits per heavy atom. The van der Waals surface area contributed by atoms with Gasteiger partial charge < -0.3 is 15.1 Å². The van der Waals surface area contributed by atoms with Crippen molar-refractivity contribution in [3.05, 3.63) is 53.3 Å². The van der Waals surface area contributed by atoms with Crippen LogP contribution in [0.4, 0.5) is 16.2 Å². The Balaban J connectivity index is 1.38. The number of hydrogen-bond acceptors (Lipinski definition) is 3. The van der Waals surface area contributed by atoms with Crippen LogP contribution in [0, 0.1) is 6.92 Å². The van der Waals surface area contributed by atoms with Crippen molar-refractivity contribution in [2.75, 3.05) is 36.4 Å². The smallest absolute Gasteiger partial charge is 0.321 e. The predicted molar refractivity (Wildman–Crippen MR) is 105 cm³/mol. The van der Waals surface area contributed by atoms with Gasteiger partial charge in [-0.2, -0.15) is 0 Å². The van der Waals surface area contributed by atoms with Crippen LogP contribution in [-0.4, -0.2) is 42.1 Å². The summed E-state index contributed by atoms with van der Waals surface area (Å²) in [4.78, 5) is 21.3. The summed E-state index contributed by atoms with van der Waals surface area (Å²) in [5, 5.41) is 3.09. The van der Waals surface area contributed by atoms with E-state index in [1.807, 2.05) is 30.2 Å². The Bertz CT molecular complexity index is 804. The van der Waals surface area contributed by atoms with E-state index in [-0.39, 0.29) is 6.03 Å². The third kappa shape index (κ3) is 3.66. The van der Waals surface area contributed by atoms with E-state index >= 15 is 0 Å². The van der Waals surface area contributed by atoms with E-state index in [4.69, 9.17) is 0 Å². The van der Waals surface area contributed by atoms with Gasteiger partial charge in [-0.15, -0.1) is 0 Å². The SMILES string of the molecule is Cc1cc(N2CCCN(C(=O)Nc3ccc4c(c3)CCC4)CC2)ccn1. The Kier molecular flexibility index (Phi) is 4.78. The molecule has 5 nitrogen and oxygen atoms in total. The lowest BCUT2D eigenvalue weighted by molar-refractivity contribution is 0.215. The molecule has 1 aromatic heterocycles. The first-order valence-corrected chi connectivity index (χ1v) is 9.54. The summed E-state index contributed by atoms with van der Waals surface area (Å²) >= 11 is 0. The molecule has 1 fully saturated rings. The number of anilines is 2. The molecule has 136 valence electrons. The van der Waals surface area contributed by atoms with Gasteiger partial charge >= 0.3 is 6.03 Å². The number of nitrogens with zero attached hydrogens (tertiary/aromatic N) is 3. The number of fused-ring (bicyclic) bond motifs is 1. The van der Waals surface area contributed by atoms with Gasteiger partial charge in [0, 0.05) is 49.4 Å².